The molecule has 1 N–H and O–H groups in total. The second-order valence-corrected chi connectivity index (χ2v) is 5.93. The summed E-state index contributed by atoms with van der Waals surface area (Å²) in [6, 6.07) is -0.729. The third-order valence-electron chi connectivity index (χ3n) is 2.49. The lowest BCUT2D eigenvalue weighted by Gasteiger charge is -2.27. The summed E-state index contributed by atoms with van der Waals surface area (Å²) >= 11 is 0. The van der Waals surface area contributed by atoms with Crippen LogP contribution >= 0.6 is 0 Å². The highest BCUT2D eigenvalue weighted by Gasteiger charge is 2.30. The molecule has 1 rings (SSSR count). The number of hydrogen-bond acceptors (Lipinski definition) is 5. The van der Waals surface area contributed by atoms with Crippen LogP contribution < -0.4 is 5.32 Å². The van der Waals surface area contributed by atoms with Crippen molar-refractivity contribution in [1.82, 2.24) is 5.32 Å². The van der Waals surface area contributed by atoms with E-state index < -0.39 is 23.5 Å². The number of carbonyl (C=O) groups is 2. The summed E-state index contributed by atoms with van der Waals surface area (Å²) in [6.45, 7) is 9.75. The van der Waals surface area contributed by atoms with E-state index >= 15 is 0 Å². The van der Waals surface area contributed by atoms with E-state index in [0.29, 0.717) is 13.2 Å². The number of nitrogens with one attached hydrogen (secondary N) is 1. The normalized spacial score (nSPS) is 16.6. The highest BCUT2D eigenvalue weighted by atomic mass is 16.6. The first-order valence-electron chi connectivity index (χ1n) is 6.69. The van der Waals surface area contributed by atoms with Crippen molar-refractivity contribution in [1.29, 1.82) is 0 Å². The first-order valence-corrected chi connectivity index (χ1v) is 6.69. The molecular weight excluding hydrogens is 262 g/mol. The van der Waals surface area contributed by atoms with Crippen LogP contribution in [0.3, 0.4) is 0 Å². The highest BCUT2D eigenvalue weighted by molar-refractivity contribution is 5.94. The maximum Gasteiger partial charge on any atom is 0.329 e. The van der Waals surface area contributed by atoms with Crippen LogP contribution in [-0.2, 0) is 23.8 Å². The van der Waals surface area contributed by atoms with Crippen molar-refractivity contribution in [3.8, 4) is 0 Å². The second kappa shape index (κ2) is 6.63. The fraction of sp³-hybridized carbons (Fsp3) is 0.714. The molecule has 0 aromatic rings. The van der Waals surface area contributed by atoms with E-state index in [1.165, 1.54) is 6.26 Å². The smallest absolute Gasteiger partial charge is 0.329 e. The quantitative estimate of drug-likeness (QED) is 0.789. The van der Waals surface area contributed by atoms with E-state index in [9.17, 15) is 9.59 Å². The van der Waals surface area contributed by atoms with Crippen LogP contribution in [0.25, 0.3) is 0 Å². The van der Waals surface area contributed by atoms with E-state index in [4.69, 9.17) is 14.2 Å². The van der Waals surface area contributed by atoms with Crippen LogP contribution in [0.1, 0.15) is 34.6 Å². The first-order chi connectivity index (χ1) is 9.20. The molecule has 0 radical (unpaired) electrons. The molecule has 0 unspecified atom stereocenters. The zero-order valence-corrected chi connectivity index (χ0v) is 12.7. The van der Waals surface area contributed by atoms with Gasteiger partial charge < -0.3 is 19.5 Å². The molecule has 6 heteroatoms. The van der Waals surface area contributed by atoms with Crippen molar-refractivity contribution in [2.45, 2.75) is 46.3 Å². The number of ether oxygens (including phenoxy) is 3. The zero-order valence-electron chi connectivity index (χ0n) is 12.7. The fourth-order valence-electron chi connectivity index (χ4n) is 1.56. The van der Waals surface area contributed by atoms with Crippen molar-refractivity contribution in [2.24, 2.45) is 5.92 Å². The van der Waals surface area contributed by atoms with Crippen LogP contribution in [0.4, 0.5) is 0 Å². The Labute approximate surface area is 119 Å². The standard InChI is InChI=1S/C14H23NO5/c1-9(2)11(13(17)20-14(3,4)5)15-12(16)10-8-18-6-7-19-10/h8-9,11H,6-7H2,1-5H3,(H,15,16)/t11-/m0/s1. The third-order valence-corrected chi connectivity index (χ3v) is 2.49. The minimum absolute atomic E-state index is 0.0745. The Balaban J connectivity index is 2.69. The van der Waals surface area contributed by atoms with E-state index in [1.54, 1.807) is 20.8 Å². The molecule has 6 nitrogen and oxygen atoms in total. The fourth-order valence-corrected chi connectivity index (χ4v) is 1.56. The lowest BCUT2D eigenvalue weighted by Crippen LogP contribution is -2.48. The molecule has 0 saturated heterocycles. The van der Waals surface area contributed by atoms with Gasteiger partial charge in [0.2, 0.25) is 5.76 Å². The van der Waals surface area contributed by atoms with Gasteiger partial charge in [0, 0.05) is 0 Å². The van der Waals surface area contributed by atoms with Gasteiger partial charge in [-0.1, -0.05) is 13.8 Å². The number of rotatable bonds is 4. The monoisotopic (exact) mass is 285 g/mol. The van der Waals surface area contributed by atoms with Gasteiger partial charge in [-0.3, -0.25) is 4.79 Å². The Morgan fingerprint density at radius 2 is 1.95 bits per heavy atom. The molecule has 0 bridgehead atoms. The Bertz CT molecular complexity index is 395. The molecule has 0 aliphatic carbocycles. The van der Waals surface area contributed by atoms with Crippen molar-refractivity contribution >= 4 is 11.9 Å². The van der Waals surface area contributed by atoms with Crippen LogP contribution in [-0.4, -0.2) is 36.7 Å². The van der Waals surface area contributed by atoms with Crippen molar-refractivity contribution < 1.29 is 23.8 Å². The number of amides is 1. The predicted molar refractivity (Wildman–Crippen MR) is 72.6 cm³/mol. The Hall–Kier alpha value is -1.72. The van der Waals surface area contributed by atoms with Crippen LogP contribution in [0, 0.1) is 5.92 Å². The number of carbonyl (C=O) groups excluding carboxylic acids is 2. The summed E-state index contributed by atoms with van der Waals surface area (Å²) < 4.78 is 15.5. The first kappa shape index (κ1) is 16.3. The van der Waals surface area contributed by atoms with E-state index in [1.807, 2.05) is 13.8 Å². The summed E-state index contributed by atoms with van der Waals surface area (Å²) in [7, 11) is 0. The summed E-state index contributed by atoms with van der Waals surface area (Å²) in [4.78, 5) is 24.1. The molecule has 1 aliphatic rings. The molecule has 20 heavy (non-hydrogen) atoms. The van der Waals surface area contributed by atoms with E-state index in [2.05, 4.69) is 5.32 Å². The van der Waals surface area contributed by atoms with Gasteiger partial charge in [0.15, 0.2) is 0 Å². The molecule has 0 saturated carbocycles. The van der Waals surface area contributed by atoms with Gasteiger partial charge in [-0.15, -0.1) is 0 Å². The van der Waals surface area contributed by atoms with Crippen molar-refractivity contribution in [2.75, 3.05) is 13.2 Å². The van der Waals surface area contributed by atoms with Gasteiger partial charge in [0.05, 0.1) is 0 Å². The molecule has 0 aromatic carbocycles. The second-order valence-electron chi connectivity index (χ2n) is 5.93. The van der Waals surface area contributed by atoms with Crippen LogP contribution in [0.2, 0.25) is 0 Å². The molecule has 114 valence electrons. The minimum Gasteiger partial charge on any atom is -0.494 e. The summed E-state index contributed by atoms with van der Waals surface area (Å²) in [6.07, 6.45) is 1.26. The molecule has 0 fully saturated rings. The average Bonchev–Trinajstić information content (AvgIpc) is 2.34. The van der Waals surface area contributed by atoms with Crippen LogP contribution in [0.5, 0.6) is 0 Å². The molecule has 1 aliphatic heterocycles. The summed E-state index contributed by atoms with van der Waals surface area (Å²) in [5.41, 5.74) is -0.599. The summed E-state index contributed by atoms with van der Waals surface area (Å²) in [5.74, 6) is -0.961. The van der Waals surface area contributed by atoms with Gasteiger partial charge >= 0.3 is 5.97 Å². The largest absolute Gasteiger partial charge is 0.494 e. The molecule has 1 heterocycles. The molecule has 1 atom stereocenters. The maximum absolute atomic E-state index is 12.1. The molecule has 0 spiro atoms. The summed E-state index contributed by atoms with van der Waals surface area (Å²) in [5, 5.41) is 2.62. The Morgan fingerprint density at radius 1 is 1.30 bits per heavy atom. The molecule has 1 amide bonds. The zero-order chi connectivity index (χ0) is 15.3. The van der Waals surface area contributed by atoms with Gasteiger partial charge in [0.1, 0.15) is 31.1 Å². The minimum atomic E-state index is -0.729. The lowest BCUT2D eigenvalue weighted by atomic mass is 10.0. The Kier molecular flexibility index (Phi) is 5.42. The highest BCUT2D eigenvalue weighted by Crippen LogP contribution is 2.13. The molecular formula is C14H23NO5. The van der Waals surface area contributed by atoms with Crippen LogP contribution in [0.15, 0.2) is 12.0 Å². The molecule has 0 aromatic heterocycles. The number of esters is 1. The van der Waals surface area contributed by atoms with Gasteiger partial charge in [-0.05, 0) is 26.7 Å². The maximum atomic E-state index is 12.1. The van der Waals surface area contributed by atoms with E-state index in [-0.39, 0.29) is 11.7 Å². The third kappa shape index (κ3) is 5.11. The average molecular weight is 285 g/mol. The SMILES string of the molecule is CC(C)[C@H](NC(=O)C1=COCCO1)C(=O)OC(C)(C)C. The predicted octanol–water partition coefficient (Wildman–Crippen LogP) is 1.36. The van der Waals surface area contributed by atoms with Crippen molar-refractivity contribution in [3.05, 3.63) is 12.0 Å². The van der Waals surface area contributed by atoms with Gasteiger partial charge in [0.25, 0.3) is 5.91 Å². The van der Waals surface area contributed by atoms with Gasteiger partial charge in [-0.2, -0.15) is 0 Å². The van der Waals surface area contributed by atoms with Crippen molar-refractivity contribution in [3.63, 3.8) is 0 Å². The Morgan fingerprint density at radius 3 is 2.40 bits per heavy atom. The number of hydrogen-bond donors (Lipinski definition) is 1. The topological polar surface area (TPSA) is 73.9 Å². The lowest BCUT2D eigenvalue weighted by molar-refractivity contribution is -0.160. The van der Waals surface area contributed by atoms with Gasteiger partial charge in [-0.25, -0.2) is 4.79 Å². The van der Waals surface area contributed by atoms with E-state index in [0.717, 1.165) is 0 Å².